The number of benzene rings is 1. The molecule has 4 nitrogen and oxygen atoms in total. The van der Waals surface area contributed by atoms with E-state index in [1.165, 1.54) is 12.8 Å². The van der Waals surface area contributed by atoms with E-state index in [0.717, 1.165) is 27.5 Å². The Kier molecular flexibility index (Phi) is 3.44. The summed E-state index contributed by atoms with van der Waals surface area (Å²) in [7, 11) is 0. The van der Waals surface area contributed by atoms with Crippen molar-refractivity contribution in [3.8, 4) is 5.69 Å². The zero-order chi connectivity index (χ0) is 14.1. The van der Waals surface area contributed by atoms with Gasteiger partial charge in [0.2, 0.25) is 0 Å². The van der Waals surface area contributed by atoms with E-state index in [1.54, 1.807) is 10.8 Å². The topological polar surface area (TPSA) is 55.1 Å². The summed E-state index contributed by atoms with van der Waals surface area (Å²) in [6.45, 7) is 0. The highest BCUT2D eigenvalue weighted by atomic mass is 79.9. The first-order valence-electron chi connectivity index (χ1n) is 6.40. The van der Waals surface area contributed by atoms with Gasteiger partial charge in [-0.3, -0.25) is 0 Å². The van der Waals surface area contributed by atoms with E-state index in [0.29, 0.717) is 5.92 Å². The van der Waals surface area contributed by atoms with Crippen molar-refractivity contribution in [2.24, 2.45) is 0 Å². The Morgan fingerprint density at radius 2 is 2.20 bits per heavy atom. The second kappa shape index (κ2) is 5.25. The van der Waals surface area contributed by atoms with Crippen molar-refractivity contribution >= 4 is 28.0 Å². The van der Waals surface area contributed by atoms with Gasteiger partial charge in [-0.25, -0.2) is 9.48 Å². The third-order valence-corrected chi connectivity index (χ3v) is 3.74. The fraction of sp³-hybridized carbons (Fsp3) is 0.200. The minimum atomic E-state index is -0.960. The van der Waals surface area contributed by atoms with Gasteiger partial charge in [-0.15, -0.1) is 0 Å². The van der Waals surface area contributed by atoms with Crippen LogP contribution in [0.3, 0.4) is 0 Å². The van der Waals surface area contributed by atoms with Crippen molar-refractivity contribution in [3.63, 3.8) is 0 Å². The molecule has 0 bridgehead atoms. The summed E-state index contributed by atoms with van der Waals surface area (Å²) in [5.41, 5.74) is 2.79. The molecule has 3 rings (SSSR count). The van der Waals surface area contributed by atoms with Crippen LogP contribution in [0.1, 0.15) is 30.0 Å². The highest BCUT2D eigenvalue weighted by Gasteiger charge is 2.26. The van der Waals surface area contributed by atoms with Crippen LogP contribution in [-0.4, -0.2) is 20.9 Å². The summed E-state index contributed by atoms with van der Waals surface area (Å²) in [6.07, 6.45) is 7.07. The van der Waals surface area contributed by atoms with E-state index in [9.17, 15) is 4.79 Å². The molecule has 0 radical (unpaired) electrons. The van der Waals surface area contributed by atoms with Gasteiger partial charge in [-0.1, -0.05) is 22.0 Å². The quantitative estimate of drug-likeness (QED) is 0.870. The van der Waals surface area contributed by atoms with E-state index >= 15 is 0 Å². The summed E-state index contributed by atoms with van der Waals surface area (Å²) in [5, 5.41) is 13.3. The third kappa shape index (κ3) is 2.82. The fourth-order valence-electron chi connectivity index (χ4n) is 2.09. The summed E-state index contributed by atoms with van der Waals surface area (Å²) in [5.74, 6) is -0.362. The van der Waals surface area contributed by atoms with Gasteiger partial charge in [0.05, 0.1) is 11.4 Å². The Balaban J connectivity index is 2.00. The molecule has 0 unspecified atom stereocenters. The van der Waals surface area contributed by atoms with Crippen LogP contribution in [0.25, 0.3) is 11.8 Å². The van der Waals surface area contributed by atoms with Crippen molar-refractivity contribution in [2.75, 3.05) is 0 Å². The summed E-state index contributed by atoms with van der Waals surface area (Å²) >= 11 is 3.44. The highest BCUT2D eigenvalue weighted by Crippen LogP contribution is 2.39. The van der Waals surface area contributed by atoms with Gasteiger partial charge < -0.3 is 5.11 Å². The lowest BCUT2D eigenvalue weighted by molar-refractivity contribution is -0.131. The number of aromatic nitrogens is 2. The first-order valence-corrected chi connectivity index (χ1v) is 7.19. The monoisotopic (exact) mass is 332 g/mol. The van der Waals surface area contributed by atoms with E-state index in [1.807, 2.05) is 30.5 Å². The fourth-order valence-corrected chi connectivity index (χ4v) is 2.44. The molecule has 1 aliphatic rings. The second-order valence-corrected chi connectivity index (χ2v) is 5.75. The number of halogens is 1. The number of carboxylic acids is 1. The normalized spacial score (nSPS) is 14.8. The molecule has 0 spiro atoms. The predicted molar refractivity (Wildman–Crippen MR) is 79.9 cm³/mol. The Morgan fingerprint density at radius 3 is 2.90 bits per heavy atom. The summed E-state index contributed by atoms with van der Waals surface area (Å²) in [6, 6.07) is 7.72. The van der Waals surface area contributed by atoms with Gasteiger partial charge in [0, 0.05) is 28.2 Å². The second-order valence-electron chi connectivity index (χ2n) is 4.83. The van der Waals surface area contributed by atoms with Gasteiger partial charge in [0.15, 0.2) is 0 Å². The van der Waals surface area contributed by atoms with E-state index in [4.69, 9.17) is 5.11 Å². The lowest BCUT2D eigenvalue weighted by Gasteiger charge is -2.07. The predicted octanol–water partition coefficient (Wildman–Crippen LogP) is 3.61. The largest absolute Gasteiger partial charge is 0.478 e. The Hall–Kier alpha value is -1.88. The molecule has 2 aromatic rings. The molecule has 0 aliphatic heterocycles. The Bertz CT molecular complexity index is 687. The minimum absolute atomic E-state index is 0.599. The van der Waals surface area contributed by atoms with Crippen molar-refractivity contribution in [3.05, 3.63) is 52.3 Å². The van der Waals surface area contributed by atoms with E-state index < -0.39 is 5.97 Å². The maximum absolute atomic E-state index is 10.7. The number of hydrogen-bond donors (Lipinski definition) is 1. The first kappa shape index (κ1) is 13.1. The van der Waals surface area contributed by atoms with Crippen molar-refractivity contribution in [1.82, 2.24) is 9.78 Å². The van der Waals surface area contributed by atoms with E-state index in [2.05, 4.69) is 21.0 Å². The lowest BCUT2D eigenvalue weighted by atomic mass is 10.1. The first-order chi connectivity index (χ1) is 9.63. The van der Waals surface area contributed by atoms with Gasteiger partial charge in [0.25, 0.3) is 0 Å². The van der Waals surface area contributed by atoms with Crippen LogP contribution >= 0.6 is 15.9 Å². The van der Waals surface area contributed by atoms with Crippen LogP contribution < -0.4 is 0 Å². The van der Waals surface area contributed by atoms with Crippen molar-refractivity contribution in [2.45, 2.75) is 18.8 Å². The zero-order valence-corrected chi connectivity index (χ0v) is 12.2. The molecule has 1 aliphatic carbocycles. The van der Waals surface area contributed by atoms with Crippen molar-refractivity contribution < 1.29 is 9.90 Å². The molecule has 1 saturated carbocycles. The third-order valence-electron chi connectivity index (χ3n) is 3.25. The van der Waals surface area contributed by atoms with Crippen LogP contribution in [0, 0.1) is 0 Å². The maximum atomic E-state index is 10.7. The Labute approximate surface area is 124 Å². The lowest BCUT2D eigenvalue weighted by Crippen LogP contribution is -1.99. The van der Waals surface area contributed by atoms with Crippen LogP contribution in [0.2, 0.25) is 0 Å². The number of aliphatic carboxylic acids is 1. The SMILES string of the molecule is O=C(O)C=Cc1ccc(Br)cc1-n1ccc(C2CC2)n1. The van der Waals surface area contributed by atoms with Crippen LogP contribution in [0.5, 0.6) is 0 Å². The molecular weight excluding hydrogens is 320 g/mol. The molecule has 1 heterocycles. The molecule has 0 amide bonds. The molecule has 1 aromatic heterocycles. The number of hydrogen-bond acceptors (Lipinski definition) is 2. The summed E-state index contributed by atoms with van der Waals surface area (Å²) < 4.78 is 2.74. The number of carboxylic acid groups (broad SMARTS) is 1. The molecule has 0 atom stereocenters. The molecule has 5 heteroatoms. The number of nitrogens with zero attached hydrogens (tertiary/aromatic N) is 2. The van der Waals surface area contributed by atoms with Crippen LogP contribution in [0.15, 0.2) is 41.0 Å². The average molecular weight is 333 g/mol. The van der Waals surface area contributed by atoms with Gasteiger partial charge >= 0.3 is 5.97 Å². The minimum Gasteiger partial charge on any atom is -0.478 e. The highest BCUT2D eigenvalue weighted by molar-refractivity contribution is 9.10. The number of carbonyl (C=O) groups is 1. The van der Waals surface area contributed by atoms with Crippen LogP contribution in [0.4, 0.5) is 0 Å². The molecule has 1 fully saturated rings. The Morgan fingerprint density at radius 1 is 1.40 bits per heavy atom. The maximum Gasteiger partial charge on any atom is 0.328 e. The molecule has 1 aromatic carbocycles. The molecule has 1 N–H and O–H groups in total. The van der Waals surface area contributed by atoms with Gasteiger partial charge in [-0.2, -0.15) is 5.10 Å². The standard InChI is InChI=1S/C15H13BrN2O2/c16-12-5-3-11(4-6-15(19)20)14(9-12)18-8-7-13(17-18)10-1-2-10/h3-10H,1-2H2,(H,19,20). The molecule has 102 valence electrons. The smallest absolute Gasteiger partial charge is 0.328 e. The summed E-state index contributed by atoms with van der Waals surface area (Å²) in [4.78, 5) is 10.7. The van der Waals surface area contributed by atoms with Gasteiger partial charge in [0.1, 0.15) is 0 Å². The van der Waals surface area contributed by atoms with Gasteiger partial charge in [-0.05, 0) is 37.1 Å². The zero-order valence-electron chi connectivity index (χ0n) is 10.7. The van der Waals surface area contributed by atoms with E-state index in [-0.39, 0.29) is 0 Å². The number of rotatable bonds is 4. The average Bonchev–Trinajstić information content (AvgIpc) is 3.15. The molecule has 0 saturated heterocycles. The molecule has 20 heavy (non-hydrogen) atoms. The van der Waals surface area contributed by atoms with Crippen LogP contribution in [-0.2, 0) is 4.79 Å². The van der Waals surface area contributed by atoms with Crippen molar-refractivity contribution in [1.29, 1.82) is 0 Å². The molecular formula is C15H13BrN2O2.